The molecule has 0 spiro atoms. The lowest BCUT2D eigenvalue weighted by atomic mass is 10.2. The zero-order valence-electron chi connectivity index (χ0n) is 9.78. The Morgan fingerprint density at radius 2 is 1.72 bits per heavy atom. The summed E-state index contributed by atoms with van der Waals surface area (Å²) in [6.45, 7) is 1.82. The molecule has 1 fully saturated rings. The van der Waals surface area contributed by atoms with Gasteiger partial charge in [-0.3, -0.25) is 0 Å². The Morgan fingerprint density at radius 3 is 2.17 bits per heavy atom. The van der Waals surface area contributed by atoms with Gasteiger partial charge in [-0.2, -0.15) is 0 Å². The molecule has 0 radical (unpaired) electrons. The molecule has 1 aliphatic rings. The minimum Gasteiger partial charge on any atom is -0.391 e. The van der Waals surface area contributed by atoms with Crippen molar-refractivity contribution >= 4 is 19.7 Å². The molecule has 5 nitrogen and oxygen atoms in total. The number of hydrogen-bond acceptors (Lipinski definition) is 5. The molecule has 0 amide bonds. The van der Waals surface area contributed by atoms with E-state index in [1.165, 1.54) is 12.1 Å². The van der Waals surface area contributed by atoms with E-state index in [9.17, 15) is 21.9 Å². The summed E-state index contributed by atoms with van der Waals surface area (Å²) < 4.78 is 47.2. The number of sulfone groups is 2. The summed E-state index contributed by atoms with van der Waals surface area (Å²) in [5, 5.41) is 8.36. The fourth-order valence-electron chi connectivity index (χ4n) is 2.00. The summed E-state index contributed by atoms with van der Waals surface area (Å²) in [7, 11) is -7.28. The van der Waals surface area contributed by atoms with Crippen LogP contribution in [0.2, 0.25) is 0 Å². The molecule has 1 aromatic carbocycles. The second-order valence-electron chi connectivity index (χ2n) is 4.54. The van der Waals surface area contributed by atoms with Crippen LogP contribution in [-0.2, 0) is 19.7 Å². The van der Waals surface area contributed by atoms with Gasteiger partial charge in [-0.25, -0.2) is 16.8 Å². The van der Waals surface area contributed by atoms with Gasteiger partial charge >= 0.3 is 0 Å². The van der Waals surface area contributed by atoms with Crippen LogP contribution in [0.5, 0.6) is 0 Å². The first-order valence-corrected chi connectivity index (χ1v) is 8.78. The van der Waals surface area contributed by atoms with Gasteiger partial charge in [-0.05, 0) is 19.1 Å². The van der Waals surface area contributed by atoms with E-state index in [0.717, 1.165) is 5.56 Å². The Kier molecular flexibility index (Phi) is 3.25. The average molecular weight is 290 g/mol. The molecule has 1 heterocycles. The predicted octanol–water partition coefficient (Wildman–Crippen LogP) is -0.0734. The summed E-state index contributed by atoms with van der Waals surface area (Å²) in [6.07, 6.45) is -1.35. The number of aliphatic hydroxyl groups excluding tert-OH is 1. The van der Waals surface area contributed by atoms with Crippen LogP contribution < -0.4 is 0 Å². The molecule has 18 heavy (non-hydrogen) atoms. The van der Waals surface area contributed by atoms with E-state index in [0.29, 0.717) is 0 Å². The molecule has 7 heteroatoms. The van der Waals surface area contributed by atoms with Gasteiger partial charge in [-0.15, -0.1) is 0 Å². The van der Waals surface area contributed by atoms with Gasteiger partial charge in [-0.1, -0.05) is 17.7 Å². The SMILES string of the molecule is Cc1ccc(S(=O)(=O)[C@H]2CS(=O)(=O)C[C@H]2O)cc1. The minimum atomic E-state index is -3.80. The van der Waals surface area contributed by atoms with Crippen LogP contribution in [0.15, 0.2) is 29.2 Å². The van der Waals surface area contributed by atoms with Gasteiger partial charge < -0.3 is 5.11 Å². The van der Waals surface area contributed by atoms with Crippen molar-refractivity contribution in [2.75, 3.05) is 11.5 Å². The van der Waals surface area contributed by atoms with E-state index in [1.807, 2.05) is 6.92 Å². The fraction of sp³-hybridized carbons (Fsp3) is 0.455. The van der Waals surface area contributed by atoms with Gasteiger partial charge in [0.25, 0.3) is 0 Å². The molecular formula is C11H14O5S2. The van der Waals surface area contributed by atoms with Crippen molar-refractivity contribution in [2.45, 2.75) is 23.2 Å². The quantitative estimate of drug-likeness (QED) is 0.823. The third-order valence-corrected chi connectivity index (χ3v) is 7.15. The first-order valence-electron chi connectivity index (χ1n) is 5.41. The first-order chi connectivity index (χ1) is 8.22. The lowest BCUT2D eigenvalue weighted by Crippen LogP contribution is -2.32. The van der Waals surface area contributed by atoms with Gasteiger partial charge in [0.2, 0.25) is 0 Å². The molecule has 1 aliphatic heterocycles. The van der Waals surface area contributed by atoms with E-state index < -0.39 is 42.5 Å². The van der Waals surface area contributed by atoms with Gasteiger partial charge in [0, 0.05) is 0 Å². The third-order valence-electron chi connectivity index (χ3n) is 3.02. The number of aliphatic hydroxyl groups is 1. The van der Waals surface area contributed by atoms with E-state index >= 15 is 0 Å². The fourth-order valence-corrected chi connectivity index (χ4v) is 6.44. The summed E-state index contributed by atoms with van der Waals surface area (Å²) >= 11 is 0. The maximum Gasteiger partial charge on any atom is 0.184 e. The molecule has 1 aromatic rings. The molecular weight excluding hydrogens is 276 g/mol. The van der Waals surface area contributed by atoms with Crippen molar-refractivity contribution in [3.8, 4) is 0 Å². The van der Waals surface area contributed by atoms with Gasteiger partial charge in [0.05, 0.1) is 22.5 Å². The van der Waals surface area contributed by atoms with Crippen LogP contribution in [0.25, 0.3) is 0 Å². The highest BCUT2D eigenvalue weighted by atomic mass is 32.2. The van der Waals surface area contributed by atoms with E-state index in [-0.39, 0.29) is 4.90 Å². The Balaban J connectivity index is 2.41. The maximum absolute atomic E-state index is 12.2. The maximum atomic E-state index is 12.2. The van der Waals surface area contributed by atoms with Crippen LogP contribution >= 0.6 is 0 Å². The highest BCUT2D eigenvalue weighted by molar-refractivity contribution is 7.96. The zero-order valence-corrected chi connectivity index (χ0v) is 11.4. The molecule has 0 aliphatic carbocycles. The van der Waals surface area contributed by atoms with Crippen molar-refractivity contribution in [3.05, 3.63) is 29.8 Å². The van der Waals surface area contributed by atoms with Crippen molar-refractivity contribution < 1.29 is 21.9 Å². The van der Waals surface area contributed by atoms with Crippen LogP contribution in [0.1, 0.15) is 5.56 Å². The van der Waals surface area contributed by atoms with E-state index in [4.69, 9.17) is 0 Å². The standard InChI is InChI=1S/C11H14O5S2/c1-8-2-4-9(5-3-8)18(15,16)11-7-17(13,14)6-10(11)12/h2-5,10-12H,6-7H2,1H3/t10-,11+/m1/s1. The Labute approximate surface area is 106 Å². The third kappa shape index (κ3) is 2.43. The van der Waals surface area contributed by atoms with Crippen LogP contribution in [0, 0.1) is 6.92 Å². The first kappa shape index (κ1) is 13.5. The molecule has 2 rings (SSSR count). The summed E-state index contributed by atoms with van der Waals surface area (Å²) in [6, 6.07) is 6.15. The molecule has 0 bridgehead atoms. The molecule has 100 valence electrons. The van der Waals surface area contributed by atoms with Gasteiger partial charge in [0.1, 0.15) is 5.25 Å². The number of hydrogen-bond donors (Lipinski definition) is 1. The van der Waals surface area contributed by atoms with Crippen LogP contribution in [0.4, 0.5) is 0 Å². The normalized spacial score (nSPS) is 27.2. The second kappa shape index (κ2) is 4.32. The van der Waals surface area contributed by atoms with Crippen LogP contribution in [-0.4, -0.2) is 44.8 Å². The highest BCUT2D eigenvalue weighted by Crippen LogP contribution is 2.25. The highest BCUT2D eigenvalue weighted by Gasteiger charge is 2.44. The lowest BCUT2D eigenvalue weighted by Gasteiger charge is -2.13. The van der Waals surface area contributed by atoms with E-state index in [2.05, 4.69) is 0 Å². The monoisotopic (exact) mass is 290 g/mol. The second-order valence-corrected chi connectivity index (χ2v) is 8.86. The minimum absolute atomic E-state index is 0.0502. The lowest BCUT2D eigenvalue weighted by molar-refractivity contribution is 0.204. The Morgan fingerprint density at radius 1 is 1.17 bits per heavy atom. The smallest absolute Gasteiger partial charge is 0.184 e. The van der Waals surface area contributed by atoms with Crippen molar-refractivity contribution in [2.24, 2.45) is 0 Å². The van der Waals surface area contributed by atoms with Crippen molar-refractivity contribution in [1.82, 2.24) is 0 Å². The summed E-state index contributed by atoms with van der Waals surface area (Å²) in [5.41, 5.74) is 0.911. The van der Waals surface area contributed by atoms with Crippen molar-refractivity contribution in [1.29, 1.82) is 0 Å². The molecule has 0 saturated carbocycles. The average Bonchev–Trinajstić information content (AvgIpc) is 2.53. The predicted molar refractivity (Wildman–Crippen MR) is 66.8 cm³/mol. The number of benzene rings is 1. The number of aryl methyl sites for hydroxylation is 1. The summed E-state index contributed by atoms with van der Waals surface area (Å²) in [4.78, 5) is 0.0502. The summed E-state index contributed by atoms with van der Waals surface area (Å²) in [5.74, 6) is -0.993. The molecule has 1 N–H and O–H groups in total. The topological polar surface area (TPSA) is 88.5 Å². The zero-order chi connectivity index (χ0) is 13.6. The van der Waals surface area contributed by atoms with Crippen LogP contribution in [0.3, 0.4) is 0 Å². The molecule has 1 saturated heterocycles. The molecule has 0 unspecified atom stereocenters. The molecule has 2 atom stereocenters. The number of rotatable bonds is 2. The molecule has 0 aromatic heterocycles. The Hall–Kier alpha value is -0.920. The van der Waals surface area contributed by atoms with Gasteiger partial charge in [0.15, 0.2) is 19.7 Å². The Bertz CT molecular complexity index is 643. The van der Waals surface area contributed by atoms with Crippen molar-refractivity contribution in [3.63, 3.8) is 0 Å². The largest absolute Gasteiger partial charge is 0.391 e. The van der Waals surface area contributed by atoms with E-state index in [1.54, 1.807) is 12.1 Å².